The molecule has 0 radical (unpaired) electrons. The molecule has 0 rings (SSSR count). The first-order valence-corrected chi connectivity index (χ1v) is 3.52. The molecule has 0 aliphatic rings. The standard InChI is InChI=1S/C8H14O3/c1-5-11-7(3)6(2)8(9)10-4/h5H2,1-4H3. The summed E-state index contributed by atoms with van der Waals surface area (Å²) < 4.78 is 9.61. The third-order valence-electron chi connectivity index (χ3n) is 1.38. The number of carbonyl (C=O) groups is 1. The van der Waals surface area contributed by atoms with E-state index >= 15 is 0 Å². The number of methoxy groups -OCH3 is 1. The van der Waals surface area contributed by atoms with Crippen molar-refractivity contribution in [3.05, 3.63) is 11.3 Å². The lowest BCUT2D eigenvalue weighted by Gasteiger charge is -2.05. The maximum atomic E-state index is 10.9. The molecule has 0 unspecified atom stereocenters. The van der Waals surface area contributed by atoms with Gasteiger partial charge in [0.1, 0.15) is 5.76 Å². The topological polar surface area (TPSA) is 35.5 Å². The summed E-state index contributed by atoms with van der Waals surface area (Å²) in [5, 5.41) is 0. The molecule has 0 fully saturated rings. The van der Waals surface area contributed by atoms with Crippen molar-refractivity contribution in [3.63, 3.8) is 0 Å². The molecule has 3 heteroatoms. The van der Waals surface area contributed by atoms with E-state index in [1.807, 2.05) is 6.92 Å². The Morgan fingerprint density at radius 2 is 1.91 bits per heavy atom. The van der Waals surface area contributed by atoms with E-state index in [2.05, 4.69) is 4.74 Å². The molecule has 0 aromatic rings. The minimum Gasteiger partial charge on any atom is -0.498 e. The van der Waals surface area contributed by atoms with Gasteiger partial charge >= 0.3 is 5.97 Å². The maximum absolute atomic E-state index is 10.9. The Bertz CT molecular complexity index is 170. The zero-order chi connectivity index (χ0) is 8.85. The van der Waals surface area contributed by atoms with E-state index in [-0.39, 0.29) is 5.97 Å². The van der Waals surface area contributed by atoms with Gasteiger partial charge < -0.3 is 9.47 Å². The smallest absolute Gasteiger partial charge is 0.336 e. The van der Waals surface area contributed by atoms with Crippen LogP contribution in [-0.2, 0) is 14.3 Å². The van der Waals surface area contributed by atoms with E-state index in [1.165, 1.54) is 7.11 Å². The molecule has 0 heterocycles. The maximum Gasteiger partial charge on any atom is 0.336 e. The molecule has 0 N–H and O–H groups in total. The number of hydrogen-bond acceptors (Lipinski definition) is 3. The van der Waals surface area contributed by atoms with Crippen molar-refractivity contribution in [1.82, 2.24) is 0 Å². The summed E-state index contributed by atoms with van der Waals surface area (Å²) in [4.78, 5) is 10.9. The van der Waals surface area contributed by atoms with E-state index < -0.39 is 0 Å². The van der Waals surface area contributed by atoms with Crippen molar-refractivity contribution in [2.75, 3.05) is 13.7 Å². The third-order valence-corrected chi connectivity index (χ3v) is 1.38. The highest BCUT2D eigenvalue weighted by molar-refractivity contribution is 5.88. The highest BCUT2D eigenvalue weighted by Gasteiger charge is 2.07. The van der Waals surface area contributed by atoms with Gasteiger partial charge in [-0.25, -0.2) is 4.79 Å². The van der Waals surface area contributed by atoms with Crippen molar-refractivity contribution in [2.24, 2.45) is 0 Å². The monoisotopic (exact) mass is 158 g/mol. The number of esters is 1. The van der Waals surface area contributed by atoms with Crippen LogP contribution in [0.2, 0.25) is 0 Å². The van der Waals surface area contributed by atoms with Crippen LogP contribution >= 0.6 is 0 Å². The molecule has 0 aromatic carbocycles. The molecular weight excluding hydrogens is 144 g/mol. The summed E-state index contributed by atoms with van der Waals surface area (Å²) in [6, 6.07) is 0. The van der Waals surface area contributed by atoms with Gasteiger partial charge in [0, 0.05) is 0 Å². The van der Waals surface area contributed by atoms with Crippen molar-refractivity contribution in [2.45, 2.75) is 20.8 Å². The van der Waals surface area contributed by atoms with Gasteiger partial charge in [-0.1, -0.05) is 0 Å². The first-order chi connectivity index (χ1) is 5.13. The Kier molecular flexibility index (Phi) is 4.34. The molecule has 0 aromatic heterocycles. The summed E-state index contributed by atoms with van der Waals surface area (Å²) in [5.74, 6) is 0.287. The first kappa shape index (κ1) is 10.0. The van der Waals surface area contributed by atoms with Crippen molar-refractivity contribution >= 4 is 5.97 Å². The van der Waals surface area contributed by atoms with Gasteiger partial charge in [-0.3, -0.25) is 0 Å². The summed E-state index contributed by atoms with van der Waals surface area (Å²) in [7, 11) is 1.35. The fourth-order valence-corrected chi connectivity index (χ4v) is 0.622. The second kappa shape index (κ2) is 4.77. The predicted octanol–water partition coefficient (Wildman–Crippen LogP) is 1.49. The Balaban J connectivity index is 4.26. The Morgan fingerprint density at radius 3 is 2.27 bits per heavy atom. The van der Waals surface area contributed by atoms with Crippen LogP contribution in [-0.4, -0.2) is 19.7 Å². The number of allylic oxidation sites excluding steroid dienone is 1. The second-order valence-corrected chi connectivity index (χ2v) is 2.11. The van der Waals surface area contributed by atoms with Gasteiger partial charge in [-0.05, 0) is 20.8 Å². The summed E-state index contributed by atoms with van der Waals surface area (Å²) in [6.45, 7) is 5.86. The van der Waals surface area contributed by atoms with Gasteiger partial charge in [-0.15, -0.1) is 0 Å². The number of ether oxygens (including phenoxy) is 2. The minimum absolute atomic E-state index is 0.337. The van der Waals surface area contributed by atoms with E-state index in [4.69, 9.17) is 4.74 Å². The molecule has 0 saturated carbocycles. The predicted molar refractivity (Wildman–Crippen MR) is 42.0 cm³/mol. The summed E-state index contributed by atoms with van der Waals surface area (Å²) in [5.41, 5.74) is 0.523. The summed E-state index contributed by atoms with van der Waals surface area (Å²) >= 11 is 0. The Labute approximate surface area is 67.0 Å². The van der Waals surface area contributed by atoms with Gasteiger partial charge in [0.05, 0.1) is 19.3 Å². The normalized spacial score (nSPS) is 12.0. The van der Waals surface area contributed by atoms with Crippen molar-refractivity contribution < 1.29 is 14.3 Å². The molecule has 0 atom stereocenters. The first-order valence-electron chi connectivity index (χ1n) is 3.52. The van der Waals surface area contributed by atoms with Crippen LogP contribution in [0.25, 0.3) is 0 Å². The molecule has 0 spiro atoms. The van der Waals surface area contributed by atoms with Crippen LogP contribution in [0.4, 0.5) is 0 Å². The molecule has 11 heavy (non-hydrogen) atoms. The molecule has 0 aliphatic carbocycles. The zero-order valence-corrected chi connectivity index (χ0v) is 7.43. The number of hydrogen-bond donors (Lipinski definition) is 0. The zero-order valence-electron chi connectivity index (χ0n) is 7.43. The molecule has 3 nitrogen and oxygen atoms in total. The highest BCUT2D eigenvalue weighted by atomic mass is 16.5. The molecule has 0 saturated heterocycles. The lowest BCUT2D eigenvalue weighted by molar-refractivity contribution is -0.136. The minimum atomic E-state index is -0.337. The van der Waals surface area contributed by atoms with E-state index in [1.54, 1.807) is 13.8 Å². The Hall–Kier alpha value is -0.990. The van der Waals surface area contributed by atoms with Crippen LogP contribution in [0.1, 0.15) is 20.8 Å². The van der Waals surface area contributed by atoms with E-state index in [0.717, 1.165) is 0 Å². The van der Waals surface area contributed by atoms with Crippen molar-refractivity contribution in [1.29, 1.82) is 0 Å². The van der Waals surface area contributed by atoms with Crippen LogP contribution in [0.15, 0.2) is 11.3 Å². The van der Waals surface area contributed by atoms with Crippen LogP contribution < -0.4 is 0 Å². The lowest BCUT2D eigenvalue weighted by Crippen LogP contribution is -2.05. The fraction of sp³-hybridized carbons (Fsp3) is 0.625. The Morgan fingerprint density at radius 1 is 1.36 bits per heavy atom. The summed E-state index contributed by atoms with van der Waals surface area (Å²) in [6.07, 6.45) is 0. The lowest BCUT2D eigenvalue weighted by atomic mass is 10.3. The van der Waals surface area contributed by atoms with Crippen LogP contribution in [0.5, 0.6) is 0 Å². The highest BCUT2D eigenvalue weighted by Crippen LogP contribution is 2.05. The SMILES string of the molecule is CCOC(C)=C(C)C(=O)OC. The fourth-order valence-electron chi connectivity index (χ4n) is 0.622. The van der Waals surface area contributed by atoms with Gasteiger partial charge in [0.2, 0.25) is 0 Å². The molecule has 0 amide bonds. The van der Waals surface area contributed by atoms with Gasteiger partial charge in [0.25, 0.3) is 0 Å². The average molecular weight is 158 g/mol. The molecule has 0 aliphatic heterocycles. The molecular formula is C8H14O3. The largest absolute Gasteiger partial charge is 0.498 e. The van der Waals surface area contributed by atoms with Gasteiger partial charge in [-0.2, -0.15) is 0 Å². The number of carbonyl (C=O) groups excluding carboxylic acids is 1. The third kappa shape index (κ3) is 3.07. The van der Waals surface area contributed by atoms with Crippen LogP contribution in [0, 0.1) is 0 Å². The van der Waals surface area contributed by atoms with Gasteiger partial charge in [0.15, 0.2) is 0 Å². The number of rotatable bonds is 3. The molecule has 64 valence electrons. The van der Waals surface area contributed by atoms with Crippen molar-refractivity contribution in [3.8, 4) is 0 Å². The molecule has 0 bridgehead atoms. The average Bonchev–Trinajstić information content (AvgIpc) is 2.02. The van der Waals surface area contributed by atoms with E-state index in [0.29, 0.717) is 17.9 Å². The van der Waals surface area contributed by atoms with E-state index in [9.17, 15) is 4.79 Å². The van der Waals surface area contributed by atoms with Crippen LogP contribution in [0.3, 0.4) is 0 Å². The quantitative estimate of drug-likeness (QED) is 0.354. The second-order valence-electron chi connectivity index (χ2n) is 2.11.